The van der Waals surface area contributed by atoms with Crippen LogP contribution in [0.4, 0.5) is 4.39 Å². The van der Waals surface area contributed by atoms with Crippen LogP contribution in [-0.4, -0.2) is 7.05 Å². The first-order valence-electron chi connectivity index (χ1n) is 5.55. The van der Waals surface area contributed by atoms with E-state index < -0.39 is 0 Å². The number of hydrogen-bond donors (Lipinski definition) is 1. The fourth-order valence-electron chi connectivity index (χ4n) is 1.58. The molecule has 2 nitrogen and oxygen atoms in total. The second kappa shape index (κ2) is 6.53. The van der Waals surface area contributed by atoms with E-state index in [1.807, 2.05) is 19.1 Å². The minimum Gasteiger partial charge on any atom is -0.333 e. The summed E-state index contributed by atoms with van der Waals surface area (Å²) in [7, 11) is 1.50. The first kappa shape index (κ1) is 13.9. The van der Waals surface area contributed by atoms with E-state index >= 15 is 0 Å². The van der Waals surface area contributed by atoms with Gasteiger partial charge in [-0.15, -0.1) is 0 Å². The van der Waals surface area contributed by atoms with Crippen LogP contribution in [0.5, 0.6) is 0 Å². The lowest BCUT2D eigenvalue weighted by Crippen LogP contribution is -1.85. The Morgan fingerprint density at radius 3 is 2.17 bits per heavy atom. The molecule has 2 rings (SSSR count). The van der Waals surface area contributed by atoms with E-state index in [1.54, 1.807) is 30.3 Å². The summed E-state index contributed by atoms with van der Waals surface area (Å²) in [6, 6.07) is 14.1. The van der Waals surface area contributed by atoms with Crippen LogP contribution in [0.1, 0.15) is 11.1 Å². The van der Waals surface area contributed by atoms with Crippen molar-refractivity contribution < 1.29 is 4.39 Å². The molecule has 0 atom stereocenters. The lowest BCUT2D eigenvalue weighted by Gasteiger charge is -2.04. The van der Waals surface area contributed by atoms with E-state index in [9.17, 15) is 4.39 Å². The summed E-state index contributed by atoms with van der Waals surface area (Å²) in [6.45, 7) is 1.85. The van der Waals surface area contributed by atoms with Crippen LogP contribution >= 0.6 is 0 Å². The zero-order valence-electron chi connectivity index (χ0n) is 10.4. The zero-order chi connectivity index (χ0) is 13.5. The van der Waals surface area contributed by atoms with Gasteiger partial charge in [0.15, 0.2) is 0 Å². The molecule has 0 radical (unpaired) electrons. The molecule has 18 heavy (non-hydrogen) atoms. The fourth-order valence-corrected chi connectivity index (χ4v) is 1.58. The Morgan fingerprint density at radius 1 is 1.06 bits per heavy atom. The number of aryl methyl sites for hydroxylation is 1. The minimum atomic E-state index is -0.232. The molecule has 0 aliphatic heterocycles. The highest BCUT2D eigenvalue weighted by atomic mass is 19.1. The molecular formula is C15H15FN2. The van der Waals surface area contributed by atoms with Crippen molar-refractivity contribution in [3.63, 3.8) is 0 Å². The van der Waals surface area contributed by atoms with Gasteiger partial charge in [0.05, 0.1) is 11.6 Å². The molecule has 0 amide bonds. The van der Waals surface area contributed by atoms with Crippen molar-refractivity contribution in [2.24, 2.45) is 5.73 Å². The summed E-state index contributed by atoms with van der Waals surface area (Å²) in [5, 5.41) is 8.67. The van der Waals surface area contributed by atoms with Crippen LogP contribution < -0.4 is 5.73 Å². The Kier molecular flexibility index (Phi) is 5.04. The molecule has 0 aromatic heterocycles. The summed E-state index contributed by atoms with van der Waals surface area (Å²) < 4.78 is 13.7. The Hall–Kier alpha value is -2.18. The van der Waals surface area contributed by atoms with Gasteiger partial charge < -0.3 is 5.73 Å². The van der Waals surface area contributed by atoms with Crippen molar-refractivity contribution in [3.8, 4) is 17.2 Å². The molecule has 0 heterocycles. The highest BCUT2D eigenvalue weighted by Gasteiger charge is 2.04. The first-order valence-corrected chi connectivity index (χ1v) is 5.55. The topological polar surface area (TPSA) is 49.8 Å². The normalized spacial score (nSPS) is 9.06. The third kappa shape index (κ3) is 3.16. The van der Waals surface area contributed by atoms with Crippen LogP contribution in [0.15, 0.2) is 42.5 Å². The minimum absolute atomic E-state index is 0.232. The van der Waals surface area contributed by atoms with Gasteiger partial charge in [0, 0.05) is 5.56 Å². The quantitative estimate of drug-likeness (QED) is 0.834. The first-order chi connectivity index (χ1) is 8.70. The number of nitriles is 1. The Bertz CT molecular complexity index is 554. The summed E-state index contributed by atoms with van der Waals surface area (Å²) in [5.74, 6) is -0.232. The number of nitrogens with two attached hydrogens (primary N) is 1. The number of benzene rings is 2. The predicted molar refractivity (Wildman–Crippen MR) is 71.4 cm³/mol. The van der Waals surface area contributed by atoms with E-state index in [0.29, 0.717) is 11.1 Å². The van der Waals surface area contributed by atoms with E-state index in [1.165, 1.54) is 13.1 Å². The Morgan fingerprint density at radius 2 is 1.67 bits per heavy atom. The molecule has 0 fully saturated rings. The lowest BCUT2D eigenvalue weighted by atomic mass is 10.0. The molecule has 0 saturated carbocycles. The molecule has 2 aromatic carbocycles. The van der Waals surface area contributed by atoms with Crippen molar-refractivity contribution >= 4 is 0 Å². The summed E-state index contributed by atoms with van der Waals surface area (Å²) in [6.07, 6.45) is 0. The third-order valence-corrected chi connectivity index (χ3v) is 2.45. The molecule has 2 N–H and O–H groups in total. The van der Waals surface area contributed by atoms with Crippen molar-refractivity contribution in [1.82, 2.24) is 0 Å². The van der Waals surface area contributed by atoms with E-state index in [0.717, 1.165) is 11.1 Å². The fraction of sp³-hybridized carbons (Fsp3) is 0.133. The Balaban J connectivity index is 0.000000771. The summed E-state index contributed by atoms with van der Waals surface area (Å²) in [4.78, 5) is 0. The van der Waals surface area contributed by atoms with Crippen molar-refractivity contribution in [3.05, 3.63) is 59.4 Å². The second-order valence-corrected chi connectivity index (χ2v) is 3.67. The average molecular weight is 242 g/mol. The van der Waals surface area contributed by atoms with Gasteiger partial charge in [0.2, 0.25) is 0 Å². The highest BCUT2D eigenvalue weighted by molar-refractivity contribution is 5.65. The zero-order valence-corrected chi connectivity index (χ0v) is 10.4. The maximum Gasteiger partial charge on any atom is 0.131 e. The molecular weight excluding hydrogens is 227 g/mol. The van der Waals surface area contributed by atoms with Crippen molar-refractivity contribution in [1.29, 1.82) is 5.26 Å². The van der Waals surface area contributed by atoms with E-state index in [2.05, 4.69) is 5.73 Å². The third-order valence-electron chi connectivity index (χ3n) is 2.45. The largest absolute Gasteiger partial charge is 0.333 e. The molecule has 0 aliphatic carbocycles. The molecule has 0 saturated heterocycles. The molecule has 0 aliphatic rings. The molecule has 2 aromatic rings. The second-order valence-electron chi connectivity index (χ2n) is 3.67. The van der Waals surface area contributed by atoms with Crippen molar-refractivity contribution in [2.75, 3.05) is 7.05 Å². The number of hydrogen-bond acceptors (Lipinski definition) is 2. The maximum atomic E-state index is 13.7. The number of rotatable bonds is 1. The van der Waals surface area contributed by atoms with Gasteiger partial charge >= 0.3 is 0 Å². The monoisotopic (exact) mass is 242 g/mol. The van der Waals surface area contributed by atoms with Crippen LogP contribution in [-0.2, 0) is 0 Å². The molecule has 0 spiro atoms. The van der Waals surface area contributed by atoms with Gasteiger partial charge in [-0.05, 0) is 43.3 Å². The van der Waals surface area contributed by atoms with Crippen LogP contribution in [0.25, 0.3) is 11.1 Å². The Labute approximate surface area is 106 Å². The maximum absolute atomic E-state index is 13.7. The molecule has 0 unspecified atom stereocenters. The summed E-state index contributed by atoms with van der Waals surface area (Å²) in [5.41, 5.74) is 7.33. The van der Waals surface area contributed by atoms with Gasteiger partial charge in [-0.2, -0.15) is 5.26 Å². The highest BCUT2D eigenvalue weighted by Crippen LogP contribution is 2.23. The van der Waals surface area contributed by atoms with Gasteiger partial charge in [0.1, 0.15) is 5.82 Å². The standard InChI is InChI=1S/C14H10FN.CH5N/c1-10-2-7-13(14(15)8-10)12-5-3-11(9-16)4-6-12;1-2/h2-8H,1H3;2H2,1H3. The molecule has 3 heteroatoms. The number of halogens is 1. The van der Waals surface area contributed by atoms with Gasteiger partial charge in [0.25, 0.3) is 0 Å². The van der Waals surface area contributed by atoms with Gasteiger partial charge in [-0.1, -0.05) is 24.3 Å². The van der Waals surface area contributed by atoms with E-state index in [-0.39, 0.29) is 5.82 Å². The van der Waals surface area contributed by atoms with Crippen LogP contribution in [0, 0.1) is 24.1 Å². The summed E-state index contributed by atoms with van der Waals surface area (Å²) >= 11 is 0. The average Bonchev–Trinajstić information content (AvgIpc) is 2.41. The molecule has 0 bridgehead atoms. The SMILES string of the molecule is CN.Cc1ccc(-c2ccc(C#N)cc2)c(F)c1. The lowest BCUT2D eigenvalue weighted by molar-refractivity contribution is 0.630. The predicted octanol–water partition coefficient (Wildman–Crippen LogP) is 3.25. The smallest absolute Gasteiger partial charge is 0.131 e. The van der Waals surface area contributed by atoms with Crippen LogP contribution in [0.2, 0.25) is 0 Å². The number of nitrogens with zero attached hydrogens (tertiary/aromatic N) is 1. The van der Waals surface area contributed by atoms with Gasteiger partial charge in [-0.3, -0.25) is 0 Å². The molecule has 92 valence electrons. The van der Waals surface area contributed by atoms with Crippen molar-refractivity contribution in [2.45, 2.75) is 6.92 Å². The van der Waals surface area contributed by atoms with Crippen LogP contribution in [0.3, 0.4) is 0 Å². The van der Waals surface area contributed by atoms with E-state index in [4.69, 9.17) is 5.26 Å². The van der Waals surface area contributed by atoms with Gasteiger partial charge in [-0.25, -0.2) is 4.39 Å².